The number of imidazole rings is 1. The van der Waals surface area contributed by atoms with Crippen LogP contribution in [0.4, 0.5) is 26.4 Å². The molecule has 3 amide bonds. The first-order valence-electron chi connectivity index (χ1n) is 13.9. The molecule has 0 atom stereocenters. The van der Waals surface area contributed by atoms with Gasteiger partial charge in [-0.2, -0.15) is 0 Å². The molecule has 0 unspecified atom stereocenters. The molecule has 0 spiro atoms. The van der Waals surface area contributed by atoms with Crippen molar-refractivity contribution in [2.24, 2.45) is 0 Å². The summed E-state index contributed by atoms with van der Waals surface area (Å²) in [6.07, 6.45) is 9.42. The molecule has 0 bridgehead atoms. The smallest absolute Gasteiger partial charge is 0.315 e. The number of halogens is 1. The molecule has 2 aliphatic carbocycles. The van der Waals surface area contributed by atoms with Gasteiger partial charge in [0.05, 0.1) is 23.8 Å². The van der Waals surface area contributed by atoms with Crippen LogP contribution in [0, 0.1) is 5.82 Å². The Morgan fingerprint density at radius 1 is 0.902 bits per heavy atom. The summed E-state index contributed by atoms with van der Waals surface area (Å²) in [6.45, 7) is 0.487. The third kappa shape index (κ3) is 6.53. The molecule has 5 N–H and O–H groups in total. The highest BCUT2D eigenvalue weighted by Crippen LogP contribution is 2.30. The van der Waals surface area contributed by atoms with Gasteiger partial charge in [0.1, 0.15) is 5.82 Å². The average molecular weight is 558 g/mol. The second-order valence-electron chi connectivity index (χ2n) is 10.6. The topological polar surface area (TPSA) is 137 Å². The van der Waals surface area contributed by atoms with Crippen molar-refractivity contribution >= 4 is 34.8 Å². The van der Waals surface area contributed by atoms with Crippen molar-refractivity contribution in [3.05, 3.63) is 78.1 Å². The quantitative estimate of drug-likeness (QED) is 0.207. The molecule has 0 aliphatic heterocycles. The number of amides is 3. The number of carbonyl (C=O) groups is 2. The molecule has 3 aromatic heterocycles. The first-order chi connectivity index (χ1) is 20.0. The standard InChI is InChI=1S/C29H32FN9O2/c30-22-16-31-13-12-23(22)37-28(40)25-17-32-27-24(34-19-6-7-19)14-26(38-39(25)27)35-20-8-10-21(11-9-20)36-29(41)33-15-18-4-2-1-3-5-18/h1-5,12-14,16-17,19-21,34H,6-11,15H2,(H,35,38)(H,31,37,40)(H2,33,36,41)/t20-,21-. The fourth-order valence-corrected chi connectivity index (χ4v) is 5.02. The van der Waals surface area contributed by atoms with Gasteiger partial charge in [0, 0.05) is 36.9 Å². The number of hydrogen-bond donors (Lipinski definition) is 5. The summed E-state index contributed by atoms with van der Waals surface area (Å²) in [5, 5.41) is 20.3. The minimum atomic E-state index is -0.625. The summed E-state index contributed by atoms with van der Waals surface area (Å²) in [5.41, 5.74) is 2.58. The normalized spacial score (nSPS) is 18.5. The van der Waals surface area contributed by atoms with Crippen LogP contribution in [0.3, 0.4) is 0 Å². The predicted octanol–water partition coefficient (Wildman–Crippen LogP) is 4.31. The molecule has 11 nitrogen and oxygen atoms in total. The molecular weight excluding hydrogens is 525 g/mol. The molecular formula is C29H32FN9O2. The minimum Gasteiger partial charge on any atom is -0.379 e. The van der Waals surface area contributed by atoms with E-state index in [0.29, 0.717) is 24.1 Å². The van der Waals surface area contributed by atoms with Crippen LogP contribution in [-0.4, -0.2) is 49.6 Å². The molecule has 0 radical (unpaired) electrons. The Bertz CT molecular complexity index is 1530. The lowest BCUT2D eigenvalue weighted by Crippen LogP contribution is -2.44. The van der Waals surface area contributed by atoms with E-state index in [1.54, 1.807) is 0 Å². The van der Waals surface area contributed by atoms with E-state index < -0.39 is 11.7 Å². The second-order valence-corrected chi connectivity index (χ2v) is 10.6. The van der Waals surface area contributed by atoms with E-state index in [2.05, 4.69) is 41.7 Å². The third-order valence-electron chi connectivity index (χ3n) is 7.37. The Morgan fingerprint density at radius 2 is 1.63 bits per heavy atom. The van der Waals surface area contributed by atoms with E-state index in [0.717, 1.165) is 56.0 Å². The maximum absolute atomic E-state index is 14.1. The van der Waals surface area contributed by atoms with E-state index in [-0.39, 0.29) is 29.5 Å². The average Bonchev–Trinajstić information content (AvgIpc) is 3.69. The molecule has 41 heavy (non-hydrogen) atoms. The summed E-state index contributed by atoms with van der Waals surface area (Å²) in [5.74, 6) is -0.540. The number of rotatable bonds is 9. The van der Waals surface area contributed by atoms with Gasteiger partial charge in [-0.1, -0.05) is 30.3 Å². The van der Waals surface area contributed by atoms with Crippen LogP contribution in [0.5, 0.6) is 0 Å². The number of pyridine rings is 1. The minimum absolute atomic E-state index is 0.0321. The zero-order valence-electron chi connectivity index (χ0n) is 22.4. The maximum Gasteiger partial charge on any atom is 0.315 e. The molecule has 0 saturated heterocycles. The van der Waals surface area contributed by atoms with E-state index >= 15 is 0 Å². The third-order valence-corrected chi connectivity index (χ3v) is 7.37. The molecule has 2 saturated carbocycles. The van der Waals surface area contributed by atoms with Crippen molar-refractivity contribution in [3.63, 3.8) is 0 Å². The molecule has 4 aromatic rings. The number of nitrogens with one attached hydrogen (secondary N) is 5. The van der Waals surface area contributed by atoms with Gasteiger partial charge in [-0.05, 0) is 50.2 Å². The van der Waals surface area contributed by atoms with E-state index in [4.69, 9.17) is 0 Å². The van der Waals surface area contributed by atoms with Crippen molar-refractivity contribution in [2.45, 2.75) is 63.2 Å². The largest absolute Gasteiger partial charge is 0.379 e. The fourth-order valence-electron chi connectivity index (χ4n) is 5.02. The van der Waals surface area contributed by atoms with Gasteiger partial charge in [-0.15, -0.1) is 5.10 Å². The van der Waals surface area contributed by atoms with E-state index in [1.165, 1.54) is 23.0 Å². The molecule has 2 fully saturated rings. The summed E-state index contributed by atoms with van der Waals surface area (Å²) in [4.78, 5) is 33.6. The molecule has 1 aromatic carbocycles. The number of nitrogens with zero attached hydrogens (tertiary/aromatic N) is 4. The highest BCUT2D eigenvalue weighted by Gasteiger charge is 2.26. The number of fused-ring (bicyclic) bond motifs is 1. The number of anilines is 3. The molecule has 212 valence electrons. The van der Waals surface area contributed by atoms with Gasteiger partial charge in [-0.3, -0.25) is 9.78 Å². The van der Waals surface area contributed by atoms with E-state index in [9.17, 15) is 14.0 Å². The number of carbonyl (C=O) groups excluding carboxylic acids is 2. The van der Waals surface area contributed by atoms with Gasteiger partial charge in [0.15, 0.2) is 17.2 Å². The van der Waals surface area contributed by atoms with Gasteiger partial charge >= 0.3 is 6.03 Å². The number of urea groups is 1. The zero-order valence-corrected chi connectivity index (χ0v) is 22.4. The molecule has 3 heterocycles. The Labute approximate surface area is 236 Å². The van der Waals surface area contributed by atoms with Crippen molar-refractivity contribution in [1.82, 2.24) is 30.2 Å². The lowest BCUT2D eigenvalue weighted by molar-refractivity contribution is 0.102. The summed E-state index contributed by atoms with van der Waals surface area (Å²) >= 11 is 0. The Kier molecular flexibility index (Phi) is 7.61. The summed E-state index contributed by atoms with van der Waals surface area (Å²) < 4.78 is 15.6. The Morgan fingerprint density at radius 3 is 2.39 bits per heavy atom. The number of hydrogen-bond acceptors (Lipinski definition) is 7. The number of benzene rings is 1. The lowest BCUT2D eigenvalue weighted by atomic mass is 9.91. The van der Waals surface area contributed by atoms with Crippen molar-refractivity contribution < 1.29 is 14.0 Å². The summed E-state index contributed by atoms with van der Waals surface area (Å²) in [7, 11) is 0. The first-order valence-corrected chi connectivity index (χ1v) is 13.9. The van der Waals surface area contributed by atoms with Crippen LogP contribution in [0.15, 0.2) is 61.1 Å². The Balaban J connectivity index is 1.10. The van der Waals surface area contributed by atoms with Crippen LogP contribution in [0.2, 0.25) is 0 Å². The van der Waals surface area contributed by atoms with Crippen LogP contribution < -0.4 is 26.6 Å². The van der Waals surface area contributed by atoms with Gasteiger partial charge in [0.2, 0.25) is 0 Å². The second kappa shape index (κ2) is 11.8. The molecule has 12 heteroatoms. The van der Waals surface area contributed by atoms with Crippen LogP contribution in [-0.2, 0) is 6.54 Å². The van der Waals surface area contributed by atoms with Crippen molar-refractivity contribution in [1.29, 1.82) is 0 Å². The van der Waals surface area contributed by atoms with Crippen LogP contribution in [0.1, 0.15) is 54.6 Å². The Hall–Kier alpha value is -4.74. The van der Waals surface area contributed by atoms with Crippen molar-refractivity contribution in [3.8, 4) is 0 Å². The van der Waals surface area contributed by atoms with Crippen LogP contribution >= 0.6 is 0 Å². The monoisotopic (exact) mass is 557 g/mol. The highest BCUT2D eigenvalue weighted by atomic mass is 19.1. The lowest BCUT2D eigenvalue weighted by Gasteiger charge is -2.30. The van der Waals surface area contributed by atoms with Gasteiger partial charge < -0.3 is 26.6 Å². The molecule has 2 aliphatic rings. The van der Waals surface area contributed by atoms with E-state index in [1.807, 2.05) is 36.4 Å². The summed E-state index contributed by atoms with van der Waals surface area (Å²) in [6, 6.07) is 13.6. The first kappa shape index (κ1) is 26.5. The molecule has 6 rings (SSSR count). The number of aromatic nitrogens is 4. The van der Waals surface area contributed by atoms with Crippen LogP contribution in [0.25, 0.3) is 5.65 Å². The predicted molar refractivity (Wildman–Crippen MR) is 153 cm³/mol. The maximum atomic E-state index is 14.1. The SMILES string of the molecule is O=C(NCc1ccccc1)N[C@H]1CC[C@H](Nc2cc(NC3CC3)c3ncc(C(=O)Nc4ccncc4F)n3n2)CC1. The fraction of sp³-hybridized carbons (Fsp3) is 0.345. The van der Waals surface area contributed by atoms with Gasteiger partial charge in [0.25, 0.3) is 5.91 Å². The van der Waals surface area contributed by atoms with Gasteiger partial charge in [-0.25, -0.2) is 18.7 Å². The van der Waals surface area contributed by atoms with Crippen molar-refractivity contribution in [2.75, 3.05) is 16.0 Å². The highest BCUT2D eigenvalue weighted by molar-refractivity contribution is 6.03. The zero-order chi connectivity index (χ0) is 28.2.